The average Bonchev–Trinajstić information content (AvgIpc) is 3.21. The number of aromatic nitrogens is 1. The van der Waals surface area contributed by atoms with E-state index < -0.39 is 11.9 Å². The first kappa shape index (κ1) is 21.9. The van der Waals surface area contributed by atoms with Crippen LogP contribution in [0.2, 0.25) is 0 Å². The second-order valence-electron chi connectivity index (χ2n) is 8.44. The Hall–Kier alpha value is -2.97. The Bertz CT molecular complexity index is 1210. The van der Waals surface area contributed by atoms with Gasteiger partial charge >= 0.3 is 11.9 Å². The van der Waals surface area contributed by atoms with Crippen LogP contribution in [0.5, 0.6) is 11.5 Å². The van der Waals surface area contributed by atoms with E-state index in [-0.39, 0.29) is 11.5 Å². The first-order valence-electron chi connectivity index (χ1n) is 11.1. The second kappa shape index (κ2) is 9.49. The molecule has 0 spiro atoms. The van der Waals surface area contributed by atoms with Crippen LogP contribution >= 0.6 is 15.9 Å². The van der Waals surface area contributed by atoms with E-state index in [1.54, 1.807) is 6.07 Å². The number of hydrogen-bond acceptors (Lipinski definition) is 7. The molecule has 33 heavy (non-hydrogen) atoms. The summed E-state index contributed by atoms with van der Waals surface area (Å²) in [6, 6.07) is 12.2. The minimum Gasteiger partial charge on any atom is -0.418 e. The molecule has 8 heteroatoms. The molecule has 2 aromatic carbocycles. The van der Waals surface area contributed by atoms with Crippen LogP contribution in [0.3, 0.4) is 0 Å². The molecule has 0 radical (unpaired) electrons. The van der Waals surface area contributed by atoms with E-state index in [0.717, 1.165) is 51.0 Å². The van der Waals surface area contributed by atoms with Gasteiger partial charge in [0, 0.05) is 24.8 Å². The summed E-state index contributed by atoms with van der Waals surface area (Å²) in [7, 11) is 0. The zero-order valence-corrected chi connectivity index (χ0v) is 19.5. The maximum atomic E-state index is 12.1. The van der Waals surface area contributed by atoms with Crippen molar-refractivity contribution < 1.29 is 23.6 Å². The summed E-state index contributed by atoms with van der Waals surface area (Å²) >= 11 is 3.37. The highest BCUT2D eigenvalue weighted by molar-refractivity contribution is 9.10. The van der Waals surface area contributed by atoms with Gasteiger partial charge in [-0.3, -0.25) is 4.90 Å². The van der Waals surface area contributed by atoms with Crippen molar-refractivity contribution in [3.63, 3.8) is 0 Å². The van der Waals surface area contributed by atoms with Crippen LogP contribution in [0, 0.1) is 5.92 Å². The van der Waals surface area contributed by atoms with Gasteiger partial charge in [0.2, 0.25) is 0 Å². The Morgan fingerprint density at radius 1 is 1.00 bits per heavy atom. The standard InChI is InChI=1S/C25H23BrN2O5/c26-18-14-20-23(25-24(18)31-21(29)8-9-22(30)32-25)19(27-33-20)7-6-16-10-12-28(13-11-16)15-17-4-2-1-3-5-17/h1-5,8-9,14,16H,6-7,10-13,15H2/b9-8-. The van der Waals surface area contributed by atoms with Crippen LogP contribution < -0.4 is 9.47 Å². The third-order valence-electron chi connectivity index (χ3n) is 6.20. The van der Waals surface area contributed by atoms with E-state index in [0.29, 0.717) is 33.5 Å². The molecule has 0 unspecified atom stereocenters. The molecule has 1 fully saturated rings. The summed E-state index contributed by atoms with van der Waals surface area (Å²) in [4.78, 5) is 26.6. The number of aryl methyl sites for hydroxylation is 1. The van der Waals surface area contributed by atoms with Crippen LogP contribution in [0.25, 0.3) is 11.0 Å². The number of carbonyl (C=O) groups is 2. The largest absolute Gasteiger partial charge is 0.418 e. The van der Waals surface area contributed by atoms with Gasteiger partial charge in [-0.05, 0) is 66.2 Å². The Kier molecular flexibility index (Phi) is 6.28. The quantitative estimate of drug-likeness (QED) is 0.359. The van der Waals surface area contributed by atoms with Crippen molar-refractivity contribution in [1.82, 2.24) is 10.1 Å². The van der Waals surface area contributed by atoms with Gasteiger partial charge in [-0.15, -0.1) is 0 Å². The van der Waals surface area contributed by atoms with Gasteiger partial charge in [-0.1, -0.05) is 35.5 Å². The number of esters is 2. The van der Waals surface area contributed by atoms with Crippen molar-refractivity contribution in [3.05, 3.63) is 64.3 Å². The Balaban J connectivity index is 1.28. The molecule has 1 aromatic heterocycles. The summed E-state index contributed by atoms with van der Waals surface area (Å²) in [5.74, 6) is -0.386. The van der Waals surface area contributed by atoms with E-state index in [1.807, 2.05) is 6.07 Å². The molecule has 2 aliphatic heterocycles. The fourth-order valence-corrected chi connectivity index (χ4v) is 4.93. The smallest absolute Gasteiger partial charge is 0.336 e. The maximum absolute atomic E-state index is 12.1. The highest BCUT2D eigenvalue weighted by atomic mass is 79.9. The second-order valence-corrected chi connectivity index (χ2v) is 9.29. The number of likely N-dealkylation sites (tertiary alicyclic amines) is 1. The number of ether oxygens (including phenoxy) is 2. The van der Waals surface area contributed by atoms with Crippen molar-refractivity contribution in [1.29, 1.82) is 0 Å². The van der Waals surface area contributed by atoms with Crippen molar-refractivity contribution in [2.45, 2.75) is 32.2 Å². The van der Waals surface area contributed by atoms with Crippen LogP contribution in [0.15, 0.2) is 57.5 Å². The lowest BCUT2D eigenvalue weighted by molar-refractivity contribution is -0.133. The van der Waals surface area contributed by atoms with Crippen molar-refractivity contribution in [3.8, 4) is 11.5 Å². The third kappa shape index (κ3) is 4.86. The molecule has 0 atom stereocenters. The summed E-state index contributed by atoms with van der Waals surface area (Å²) < 4.78 is 16.8. The van der Waals surface area contributed by atoms with E-state index in [2.05, 4.69) is 50.3 Å². The van der Waals surface area contributed by atoms with Crippen LogP contribution in [-0.2, 0) is 22.6 Å². The van der Waals surface area contributed by atoms with Gasteiger partial charge in [-0.25, -0.2) is 9.59 Å². The minimum atomic E-state index is -0.648. The fourth-order valence-electron chi connectivity index (χ4n) is 4.47. The molecule has 1 saturated heterocycles. The number of piperidine rings is 1. The SMILES string of the molecule is O=C1/C=C\C(=O)Oc2c(c(Br)cc3onc(CCC4CCN(Cc5ccccc5)CC4)c23)O1. The zero-order valence-electron chi connectivity index (χ0n) is 18.0. The summed E-state index contributed by atoms with van der Waals surface area (Å²) in [5, 5.41) is 4.82. The van der Waals surface area contributed by atoms with E-state index in [9.17, 15) is 9.59 Å². The van der Waals surface area contributed by atoms with Crippen LogP contribution in [-0.4, -0.2) is 35.1 Å². The molecule has 0 amide bonds. The molecular formula is C25H23BrN2O5. The Morgan fingerprint density at radius 2 is 1.70 bits per heavy atom. The van der Waals surface area contributed by atoms with E-state index >= 15 is 0 Å². The van der Waals surface area contributed by atoms with Gasteiger partial charge in [0.1, 0.15) is 0 Å². The molecule has 0 aliphatic carbocycles. The predicted molar refractivity (Wildman–Crippen MR) is 125 cm³/mol. The lowest BCUT2D eigenvalue weighted by Crippen LogP contribution is -2.33. The number of carbonyl (C=O) groups excluding carboxylic acids is 2. The molecule has 3 heterocycles. The van der Waals surface area contributed by atoms with Gasteiger partial charge < -0.3 is 14.0 Å². The first-order valence-corrected chi connectivity index (χ1v) is 11.8. The lowest BCUT2D eigenvalue weighted by atomic mass is 9.91. The fraction of sp³-hybridized carbons (Fsp3) is 0.320. The Morgan fingerprint density at radius 3 is 2.42 bits per heavy atom. The molecule has 0 saturated carbocycles. The van der Waals surface area contributed by atoms with Crippen molar-refractivity contribution >= 4 is 38.8 Å². The third-order valence-corrected chi connectivity index (χ3v) is 6.79. The molecule has 3 aromatic rings. The number of benzene rings is 2. The van der Waals surface area contributed by atoms with Gasteiger partial charge in [-0.2, -0.15) is 0 Å². The molecule has 170 valence electrons. The molecule has 5 rings (SSSR count). The predicted octanol–water partition coefficient (Wildman–Crippen LogP) is 4.82. The summed E-state index contributed by atoms with van der Waals surface area (Å²) in [6.45, 7) is 3.13. The lowest BCUT2D eigenvalue weighted by Gasteiger charge is -2.32. The number of rotatable bonds is 5. The summed E-state index contributed by atoms with van der Waals surface area (Å²) in [6.07, 6.45) is 5.99. The minimum absolute atomic E-state index is 0.156. The average molecular weight is 511 g/mol. The molecule has 0 bridgehead atoms. The van der Waals surface area contributed by atoms with Crippen LogP contribution in [0.1, 0.15) is 30.5 Å². The van der Waals surface area contributed by atoms with Gasteiger partial charge in [0.25, 0.3) is 0 Å². The topological polar surface area (TPSA) is 81.9 Å². The molecule has 2 aliphatic rings. The van der Waals surface area contributed by atoms with E-state index in [4.69, 9.17) is 14.0 Å². The molecular weight excluding hydrogens is 488 g/mol. The molecule has 7 nitrogen and oxygen atoms in total. The number of halogens is 1. The number of fused-ring (bicyclic) bond motifs is 3. The van der Waals surface area contributed by atoms with Crippen molar-refractivity contribution in [2.24, 2.45) is 5.92 Å². The zero-order chi connectivity index (χ0) is 22.8. The van der Waals surface area contributed by atoms with Crippen molar-refractivity contribution in [2.75, 3.05) is 13.1 Å². The normalized spacial score (nSPS) is 18.3. The van der Waals surface area contributed by atoms with E-state index in [1.165, 1.54) is 5.56 Å². The number of nitrogens with zero attached hydrogens (tertiary/aromatic N) is 2. The maximum Gasteiger partial charge on any atom is 0.336 e. The molecule has 0 N–H and O–H groups in total. The highest BCUT2D eigenvalue weighted by Gasteiger charge is 2.27. The first-order chi connectivity index (χ1) is 16.1. The monoisotopic (exact) mass is 510 g/mol. The summed E-state index contributed by atoms with van der Waals surface area (Å²) in [5.41, 5.74) is 2.52. The number of hydrogen-bond donors (Lipinski definition) is 0. The highest BCUT2D eigenvalue weighted by Crippen LogP contribution is 2.44. The Labute approximate surface area is 199 Å². The van der Waals surface area contributed by atoms with Gasteiger partial charge in [0.15, 0.2) is 17.1 Å². The van der Waals surface area contributed by atoms with Crippen LogP contribution in [0.4, 0.5) is 0 Å². The van der Waals surface area contributed by atoms with Gasteiger partial charge in [0.05, 0.1) is 15.6 Å².